The van der Waals surface area contributed by atoms with E-state index in [0.29, 0.717) is 0 Å². The molecule has 0 amide bonds. The molecule has 3 rings (SSSR count). The number of benzene rings is 1. The number of aliphatic hydroxyl groups excluding tert-OH is 1. The van der Waals surface area contributed by atoms with Crippen LogP contribution in [0.25, 0.3) is 21.5 Å². The van der Waals surface area contributed by atoms with Crippen molar-refractivity contribution in [2.45, 2.75) is 13.5 Å². The number of hydrogen-bond donors (Lipinski definition) is 1. The Morgan fingerprint density at radius 2 is 2.11 bits per heavy atom. The lowest BCUT2D eigenvalue weighted by Gasteiger charge is -2.08. The van der Waals surface area contributed by atoms with Gasteiger partial charge in [0.25, 0.3) is 0 Å². The van der Waals surface area contributed by atoms with Gasteiger partial charge in [-0.3, -0.25) is 0 Å². The number of hydrogen-bond acceptors (Lipinski definition) is 3. The second kappa shape index (κ2) is 4.52. The second-order valence-electron chi connectivity index (χ2n) is 4.28. The van der Waals surface area contributed by atoms with E-state index >= 15 is 0 Å². The molecule has 0 unspecified atom stereocenters. The van der Waals surface area contributed by atoms with Gasteiger partial charge in [-0.2, -0.15) is 0 Å². The second-order valence-corrected chi connectivity index (χ2v) is 5.23. The first-order chi connectivity index (χ1) is 8.79. The van der Waals surface area contributed by atoms with Crippen molar-refractivity contribution in [3.63, 3.8) is 0 Å². The standard InChI is InChI=1S/C15H13NOS/c1-10-4-2-5-11-8-12(9-17)15(16-14(10)11)13-6-3-7-18-13/h2-8,17H,9H2,1H3. The Kier molecular flexibility index (Phi) is 2.86. The Morgan fingerprint density at radius 3 is 2.83 bits per heavy atom. The van der Waals surface area contributed by atoms with Gasteiger partial charge in [-0.15, -0.1) is 11.3 Å². The smallest absolute Gasteiger partial charge is 0.0864 e. The first kappa shape index (κ1) is 11.4. The molecule has 2 heterocycles. The number of pyridine rings is 1. The third-order valence-electron chi connectivity index (χ3n) is 3.05. The molecule has 2 aromatic heterocycles. The minimum Gasteiger partial charge on any atom is -0.392 e. The summed E-state index contributed by atoms with van der Waals surface area (Å²) in [4.78, 5) is 5.84. The molecule has 0 aliphatic rings. The van der Waals surface area contributed by atoms with E-state index < -0.39 is 0 Å². The van der Waals surface area contributed by atoms with Gasteiger partial charge in [-0.05, 0) is 30.0 Å². The van der Waals surface area contributed by atoms with Gasteiger partial charge in [0.05, 0.1) is 22.7 Å². The van der Waals surface area contributed by atoms with Gasteiger partial charge < -0.3 is 5.11 Å². The van der Waals surface area contributed by atoms with E-state index in [9.17, 15) is 5.11 Å². The average molecular weight is 255 g/mol. The Balaban J connectivity index is 2.33. The maximum Gasteiger partial charge on any atom is 0.0864 e. The molecule has 1 N–H and O–H groups in total. The van der Waals surface area contributed by atoms with Crippen LogP contribution >= 0.6 is 11.3 Å². The van der Waals surface area contributed by atoms with Crippen LogP contribution in [0.2, 0.25) is 0 Å². The van der Waals surface area contributed by atoms with E-state index in [0.717, 1.165) is 32.6 Å². The molecular formula is C15H13NOS. The Bertz CT molecular complexity index is 689. The molecular weight excluding hydrogens is 242 g/mol. The van der Waals surface area contributed by atoms with Gasteiger partial charge in [-0.1, -0.05) is 24.3 Å². The number of para-hydroxylation sites is 1. The minimum atomic E-state index is 0.0180. The largest absolute Gasteiger partial charge is 0.392 e. The maximum absolute atomic E-state index is 9.51. The number of aliphatic hydroxyl groups is 1. The average Bonchev–Trinajstić information content (AvgIpc) is 2.91. The van der Waals surface area contributed by atoms with E-state index in [1.807, 2.05) is 35.7 Å². The third kappa shape index (κ3) is 1.82. The van der Waals surface area contributed by atoms with E-state index in [-0.39, 0.29) is 6.61 Å². The first-order valence-electron chi connectivity index (χ1n) is 5.83. The van der Waals surface area contributed by atoms with Crippen molar-refractivity contribution >= 4 is 22.2 Å². The van der Waals surface area contributed by atoms with Crippen LogP contribution in [0.4, 0.5) is 0 Å². The highest BCUT2D eigenvalue weighted by Crippen LogP contribution is 2.30. The van der Waals surface area contributed by atoms with Crippen molar-refractivity contribution < 1.29 is 5.11 Å². The summed E-state index contributed by atoms with van der Waals surface area (Å²) in [6.45, 7) is 2.08. The van der Waals surface area contributed by atoms with Crippen LogP contribution < -0.4 is 0 Å². The highest BCUT2D eigenvalue weighted by molar-refractivity contribution is 7.13. The van der Waals surface area contributed by atoms with Crippen LogP contribution in [0.3, 0.4) is 0 Å². The number of aromatic nitrogens is 1. The molecule has 0 bridgehead atoms. The van der Waals surface area contributed by atoms with Gasteiger partial charge in [0, 0.05) is 10.9 Å². The molecule has 0 saturated carbocycles. The van der Waals surface area contributed by atoms with Gasteiger partial charge in [0.2, 0.25) is 0 Å². The molecule has 3 aromatic rings. The van der Waals surface area contributed by atoms with Crippen LogP contribution in [-0.2, 0) is 6.61 Å². The van der Waals surface area contributed by atoms with Crippen molar-refractivity contribution in [2.75, 3.05) is 0 Å². The molecule has 18 heavy (non-hydrogen) atoms. The van der Waals surface area contributed by atoms with E-state index in [4.69, 9.17) is 4.98 Å². The number of rotatable bonds is 2. The van der Waals surface area contributed by atoms with Crippen molar-refractivity contribution in [1.82, 2.24) is 4.98 Å². The summed E-state index contributed by atoms with van der Waals surface area (Å²) in [5, 5.41) is 12.6. The maximum atomic E-state index is 9.51. The fraction of sp³-hybridized carbons (Fsp3) is 0.133. The molecule has 0 spiro atoms. The predicted octanol–water partition coefficient (Wildman–Crippen LogP) is 3.76. The summed E-state index contributed by atoms with van der Waals surface area (Å²) < 4.78 is 0. The molecule has 0 saturated heterocycles. The fourth-order valence-electron chi connectivity index (χ4n) is 2.14. The summed E-state index contributed by atoms with van der Waals surface area (Å²) >= 11 is 1.65. The lowest BCUT2D eigenvalue weighted by molar-refractivity contribution is 0.282. The lowest BCUT2D eigenvalue weighted by Crippen LogP contribution is -1.94. The number of nitrogens with zero attached hydrogens (tertiary/aromatic N) is 1. The molecule has 1 aromatic carbocycles. The molecule has 0 fully saturated rings. The SMILES string of the molecule is Cc1cccc2cc(CO)c(-c3cccs3)nc12. The zero-order valence-corrected chi connectivity index (χ0v) is 10.9. The van der Waals surface area contributed by atoms with E-state index in [1.165, 1.54) is 0 Å². The topological polar surface area (TPSA) is 33.1 Å². The summed E-state index contributed by atoms with van der Waals surface area (Å²) in [6, 6.07) is 12.2. The third-order valence-corrected chi connectivity index (χ3v) is 3.93. The van der Waals surface area contributed by atoms with E-state index in [2.05, 4.69) is 13.0 Å². The zero-order chi connectivity index (χ0) is 12.5. The highest BCUT2D eigenvalue weighted by Gasteiger charge is 2.10. The molecule has 0 radical (unpaired) electrons. The quantitative estimate of drug-likeness (QED) is 0.756. The number of aryl methyl sites for hydroxylation is 1. The highest BCUT2D eigenvalue weighted by atomic mass is 32.1. The van der Waals surface area contributed by atoms with Crippen LogP contribution in [0, 0.1) is 6.92 Å². The van der Waals surface area contributed by atoms with Crippen molar-refractivity contribution in [3.05, 3.63) is 52.9 Å². The molecule has 90 valence electrons. The summed E-state index contributed by atoms with van der Waals surface area (Å²) in [5.74, 6) is 0. The van der Waals surface area contributed by atoms with Crippen molar-refractivity contribution in [2.24, 2.45) is 0 Å². The zero-order valence-electron chi connectivity index (χ0n) is 10.1. The molecule has 2 nitrogen and oxygen atoms in total. The molecule has 0 aliphatic heterocycles. The van der Waals surface area contributed by atoms with Gasteiger partial charge in [-0.25, -0.2) is 4.98 Å². The molecule has 3 heteroatoms. The summed E-state index contributed by atoms with van der Waals surface area (Å²) in [6.07, 6.45) is 0. The fourth-order valence-corrected chi connectivity index (χ4v) is 2.89. The summed E-state index contributed by atoms with van der Waals surface area (Å²) in [5.41, 5.74) is 3.96. The van der Waals surface area contributed by atoms with Crippen LogP contribution in [-0.4, -0.2) is 10.1 Å². The van der Waals surface area contributed by atoms with Crippen LogP contribution in [0.15, 0.2) is 41.8 Å². The van der Waals surface area contributed by atoms with Gasteiger partial charge in [0.1, 0.15) is 0 Å². The predicted molar refractivity (Wildman–Crippen MR) is 75.7 cm³/mol. The Labute approximate surface area is 110 Å². The first-order valence-corrected chi connectivity index (χ1v) is 6.71. The molecule has 0 aliphatic carbocycles. The lowest BCUT2D eigenvalue weighted by atomic mass is 10.1. The van der Waals surface area contributed by atoms with E-state index in [1.54, 1.807) is 11.3 Å². The summed E-state index contributed by atoms with van der Waals surface area (Å²) in [7, 11) is 0. The monoisotopic (exact) mass is 255 g/mol. The van der Waals surface area contributed by atoms with Crippen molar-refractivity contribution in [1.29, 1.82) is 0 Å². The van der Waals surface area contributed by atoms with Gasteiger partial charge >= 0.3 is 0 Å². The number of fused-ring (bicyclic) bond motifs is 1. The van der Waals surface area contributed by atoms with Gasteiger partial charge in [0.15, 0.2) is 0 Å². The normalized spacial score (nSPS) is 11.0. The van der Waals surface area contributed by atoms with Crippen LogP contribution in [0.1, 0.15) is 11.1 Å². The molecule has 0 atom stereocenters. The minimum absolute atomic E-state index is 0.0180. The number of thiophene rings is 1. The van der Waals surface area contributed by atoms with Crippen molar-refractivity contribution in [3.8, 4) is 10.6 Å². The Hall–Kier alpha value is -1.71. The Morgan fingerprint density at radius 1 is 1.22 bits per heavy atom. The van der Waals surface area contributed by atoms with Crippen LogP contribution in [0.5, 0.6) is 0 Å².